The van der Waals surface area contributed by atoms with Crippen LogP contribution in [0.25, 0.3) is 5.65 Å². The van der Waals surface area contributed by atoms with Crippen LogP contribution < -0.4 is 10.6 Å². The molecule has 2 aliphatic rings. The highest BCUT2D eigenvalue weighted by Gasteiger charge is 2.37. The van der Waals surface area contributed by atoms with Crippen LogP contribution in [-0.4, -0.2) is 83.7 Å². The SMILES string of the molecule is CN1CCc2nc3ccnn3c(N3CC(C(=O)N(C)CCN)C3)c2CC1. The van der Waals surface area contributed by atoms with Gasteiger partial charge in [0.2, 0.25) is 5.91 Å². The first-order chi connectivity index (χ1) is 12.6. The summed E-state index contributed by atoms with van der Waals surface area (Å²) < 4.78 is 1.94. The molecule has 1 amide bonds. The van der Waals surface area contributed by atoms with Gasteiger partial charge in [-0.25, -0.2) is 4.98 Å². The molecule has 0 bridgehead atoms. The van der Waals surface area contributed by atoms with E-state index < -0.39 is 0 Å². The van der Waals surface area contributed by atoms with E-state index in [0.29, 0.717) is 13.1 Å². The predicted molar refractivity (Wildman–Crippen MR) is 100 cm³/mol. The Bertz CT molecular complexity index is 811. The fraction of sp³-hybridized carbons (Fsp3) is 0.611. The maximum Gasteiger partial charge on any atom is 0.229 e. The molecular weight excluding hydrogens is 330 g/mol. The van der Waals surface area contributed by atoms with Gasteiger partial charge in [-0.05, 0) is 13.5 Å². The lowest BCUT2D eigenvalue weighted by Crippen LogP contribution is -2.55. The molecule has 0 unspecified atom stereocenters. The zero-order chi connectivity index (χ0) is 18.3. The number of hydrogen-bond acceptors (Lipinski definition) is 6. The summed E-state index contributed by atoms with van der Waals surface area (Å²) in [5.41, 5.74) is 8.92. The lowest BCUT2D eigenvalue weighted by atomic mass is 9.97. The first-order valence-corrected chi connectivity index (χ1v) is 9.32. The number of amides is 1. The second kappa shape index (κ2) is 6.85. The number of nitrogens with zero attached hydrogens (tertiary/aromatic N) is 6. The van der Waals surface area contributed by atoms with Gasteiger partial charge < -0.3 is 20.4 Å². The molecule has 8 nitrogen and oxygen atoms in total. The Morgan fingerprint density at radius 1 is 1.35 bits per heavy atom. The Morgan fingerprint density at radius 2 is 2.12 bits per heavy atom. The molecule has 2 aromatic rings. The zero-order valence-corrected chi connectivity index (χ0v) is 15.6. The summed E-state index contributed by atoms with van der Waals surface area (Å²) >= 11 is 0. The Hall–Kier alpha value is -2.19. The first kappa shape index (κ1) is 17.2. The van der Waals surface area contributed by atoms with Crippen molar-refractivity contribution in [3.8, 4) is 0 Å². The molecule has 4 rings (SSSR count). The molecule has 2 aromatic heterocycles. The molecule has 0 radical (unpaired) electrons. The van der Waals surface area contributed by atoms with Crippen LogP contribution in [0.5, 0.6) is 0 Å². The summed E-state index contributed by atoms with van der Waals surface area (Å²) in [4.78, 5) is 23.7. The van der Waals surface area contributed by atoms with E-state index in [2.05, 4.69) is 21.9 Å². The van der Waals surface area contributed by atoms with Crippen molar-refractivity contribution in [3.63, 3.8) is 0 Å². The van der Waals surface area contributed by atoms with Gasteiger partial charge in [0.1, 0.15) is 5.82 Å². The largest absolute Gasteiger partial charge is 0.354 e. The van der Waals surface area contributed by atoms with E-state index in [1.807, 2.05) is 17.6 Å². The third-order valence-corrected chi connectivity index (χ3v) is 5.54. The van der Waals surface area contributed by atoms with Crippen molar-refractivity contribution in [1.82, 2.24) is 24.4 Å². The van der Waals surface area contributed by atoms with Crippen molar-refractivity contribution in [2.45, 2.75) is 12.8 Å². The first-order valence-electron chi connectivity index (χ1n) is 9.32. The highest BCUT2D eigenvalue weighted by atomic mass is 16.2. The summed E-state index contributed by atoms with van der Waals surface area (Å²) in [5, 5.41) is 4.50. The Balaban J connectivity index is 1.61. The number of carbonyl (C=O) groups is 1. The van der Waals surface area contributed by atoms with Gasteiger partial charge in [-0.2, -0.15) is 9.61 Å². The average molecular weight is 357 g/mol. The summed E-state index contributed by atoms with van der Waals surface area (Å²) in [7, 11) is 3.99. The van der Waals surface area contributed by atoms with Crippen LogP contribution in [0.2, 0.25) is 0 Å². The molecule has 0 saturated carbocycles. The van der Waals surface area contributed by atoms with Crippen LogP contribution in [-0.2, 0) is 17.6 Å². The van der Waals surface area contributed by atoms with Crippen molar-refractivity contribution in [2.24, 2.45) is 11.7 Å². The normalized spacial score (nSPS) is 18.5. The minimum Gasteiger partial charge on any atom is -0.354 e. The Morgan fingerprint density at radius 3 is 2.88 bits per heavy atom. The number of nitrogens with two attached hydrogens (primary N) is 1. The van der Waals surface area contributed by atoms with Crippen LogP contribution in [0, 0.1) is 5.92 Å². The lowest BCUT2D eigenvalue weighted by Gasteiger charge is -2.42. The number of rotatable bonds is 4. The minimum absolute atomic E-state index is 0.0365. The average Bonchev–Trinajstić information content (AvgIpc) is 2.97. The van der Waals surface area contributed by atoms with E-state index in [9.17, 15) is 4.79 Å². The maximum absolute atomic E-state index is 12.5. The smallest absolute Gasteiger partial charge is 0.229 e. The highest BCUT2D eigenvalue weighted by molar-refractivity contribution is 5.82. The summed E-state index contributed by atoms with van der Waals surface area (Å²) in [6.07, 6.45) is 3.72. The van der Waals surface area contributed by atoms with E-state index in [0.717, 1.165) is 50.5 Å². The maximum atomic E-state index is 12.5. The van der Waals surface area contributed by atoms with Gasteiger partial charge in [0, 0.05) is 64.4 Å². The molecule has 0 spiro atoms. The Kier molecular flexibility index (Phi) is 4.54. The molecule has 0 atom stereocenters. The Labute approximate surface area is 153 Å². The molecule has 0 aliphatic carbocycles. The topological polar surface area (TPSA) is 83.0 Å². The number of aromatic nitrogens is 3. The van der Waals surface area contributed by atoms with Crippen molar-refractivity contribution in [1.29, 1.82) is 0 Å². The number of likely N-dealkylation sites (N-methyl/N-ethyl adjacent to an activating group) is 2. The van der Waals surface area contributed by atoms with E-state index in [1.54, 1.807) is 11.1 Å². The number of hydrogen-bond donors (Lipinski definition) is 1. The third-order valence-electron chi connectivity index (χ3n) is 5.54. The van der Waals surface area contributed by atoms with Crippen LogP contribution in [0.1, 0.15) is 11.3 Å². The van der Waals surface area contributed by atoms with Crippen LogP contribution in [0.4, 0.5) is 5.82 Å². The van der Waals surface area contributed by atoms with Crippen LogP contribution in [0.3, 0.4) is 0 Å². The molecular formula is C18H27N7O. The van der Waals surface area contributed by atoms with Gasteiger partial charge >= 0.3 is 0 Å². The van der Waals surface area contributed by atoms with E-state index in [-0.39, 0.29) is 11.8 Å². The predicted octanol–water partition coefficient (Wildman–Crippen LogP) is -0.387. The number of anilines is 1. The van der Waals surface area contributed by atoms with Crippen LogP contribution >= 0.6 is 0 Å². The van der Waals surface area contributed by atoms with Crippen LogP contribution in [0.15, 0.2) is 12.3 Å². The molecule has 0 aromatic carbocycles. The second-order valence-electron chi connectivity index (χ2n) is 7.42. The van der Waals surface area contributed by atoms with Gasteiger partial charge in [0.25, 0.3) is 0 Å². The van der Waals surface area contributed by atoms with E-state index in [4.69, 9.17) is 10.7 Å². The molecule has 2 N–H and O–H groups in total. The number of fused-ring (bicyclic) bond motifs is 2. The van der Waals surface area contributed by atoms with Gasteiger partial charge in [0.15, 0.2) is 5.65 Å². The fourth-order valence-corrected chi connectivity index (χ4v) is 3.93. The second-order valence-corrected chi connectivity index (χ2v) is 7.42. The summed E-state index contributed by atoms with van der Waals surface area (Å²) in [6.45, 7) is 4.61. The van der Waals surface area contributed by atoms with Gasteiger partial charge in [0.05, 0.1) is 17.8 Å². The number of carbonyl (C=O) groups excluding carboxylic acids is 1. The quantitative estimate of drug-likeness (QED) is 0.803. The molecule has 4 heterocycles. The zero-order valence-electron chi connectivity index (χ0n) is 15.6. The lowest BCUT2D eigenvalue weighted by molar-refractivity contribution is -0.134. The minimum atomic E-state index is 0.0365. The standard InChI is InChI=1S/C18H27N7O/c1-22-8-4-14-15(5-9-22)21-16-3-7-20-25(16)17(14)24-11-13(12-24)18(26)23(2)10-6-19/h3,7,13H,4-6,8-12,19H2,1-2H3. The van der Waals surface area contributed by atoms with Gasteiger partial charge in [-0.15, -0.1) is 0 Å². The molecule has 1 saturated heterocycles. The van der Waals surface area contributed by atoms with E-state index in [1.165, 1.54) is 11.3 Å². The molecule has 26 heavy (non-hydrogen) atoms. The third kappa shape index (κ3) is 2.93. The van der Waals surface area contributed by atoms with Gasteiger partial charge in [-0.1, -0.05) is 0 Å². The molecule has 8 heteroatoms. The fourth-order valence-electron chi connectivity index (χ4n) is 3.93. The van der Waals surface area contributed by atoms with Gasteiger partial charge in [-0.3, -0.25) is 4.79 Å². The van der Waals surface area contributed by atoms with E-state index >= 15 is 0 Å². The molecule has 140 valence electrons. The monoisotopic (exact) mass is 357 g/mol. The molecule has 1 fully saturated rings. The summed E-state index contributed by atoms with van der Waals surface area (Å²) in [5.74, 6) is 1.34. The molecule has 2 aliphatic heterocycles. The highest BCUT2D eigenvalue weighted by Crippen LogP contribution is 2.32. The van der Waals surface area contributed by atoms with Crippen molar-refractivity contribution >= 4 is 17.4 Å². The van der Waals surface area contributed by atoms with Crippen molar-refractivity contribution in [3.05, 3.63) is 23.5 Å². The van der Waals surface area contributed by atoms with Crippen molar-refractivity contribution in [2.75, 3.05) is 58.3 Å². The summed E-state index contributed by atoms with van der Waals surface area (Å²) in [6, 6.07) is 1.95. The van der Waals surface area contributed by atoms with Crippen molar-refractivity contribution < 1.29 is 4.79 Å².